The summed E-state index contributed by atoms with van der Waals surface area (Å²) in [6.07, 6.45) is 6.05. The highest BCUT2D eigenvalue weighted by Gasteiger charge is 2.17. The number of nitrogens with zero attached hydrogens (tertiary/aromatic N) is 2. The van der Waals surface area contributed by atoms with Gasteiger partial charge in [0.05, 0.1) is 17.6 Å². The number of unbranched alkanes of at least 4 members (excludes halogenated alkanes) is 4. The van der Waals surface area contributed by atoms with E-state index in [0.29, 0.717) is 6.61 Å². The summed E-state index contributed by atoms with van der Waals surface area (Å²) in [5.41, 5.74) is 4.80. The summed E-state index contributed by atoms with van der Waals surface area (Å²) in [6.45, 7) is 5.52. The van der Waals surface area contributed by atoms with Crippen LogP contribution in [0.3, 0.4) is 0 Å². The highest BCUT2D eigenvalue weighted by atomic mass is 16.5. The van der Waals surface area contributed by atoms with E-state index >= 15 is 0 Å². The zero-order valence-electron chi connectivity index (χ0n) is 19.5. The second-order valence-electron chi connectivity index (χ2n) is 8.66. The maximum atomic E-state index is 11.6. The number of fused-ring (bicyclic) bond motifs is 2. The lowest BCUT2D eigenvalue weighted by atomic mass is 10.1. The first kappa shape index (κ1) is 22.8. The molecular weight excluding hydrogens is 412 g/mol. The molecule has 5 nitrogen and oxygen atoms in total. The van der Waals surface area contributed by atoms with Crippen LogP contribution in [-0.2, 0) is 24.4 Å². The molecule has 33 heavy (non-hydrogen) atoms. The molecule has 0 aliphatic heterocycles. The Labute approximate surface area is 195 Å². The van der Waals surface area contributed by atoms with Crippen LogP contribution in [0, 0.1) is 6.92 Å². The predicted octanol–water partition coefficient (Wildman–Crippen LogP) is 6.67. The number of hydrogen-bond donors (Lipinski definition) is 1. The molecule has 0 spiro atoms. The summed E-state index contributed by atoms with van der Waals surface area (Å²) in [6, 6.07) is 18.1. The molecule has 2 heterocycles. The van der Waals surface area contributed by atoms with E-state index in [4.69, 9.17) is 4.74 Å². The zero-order chi connectivity index (χ0) is 23.2. The second kappa shape index (κ2) is 10.5. The van der Waals surface area contributed by atoms with Gasteiger partial charge in [0.1, 0.15) is 12.4 Å². The molecule has 0 saturated heterocycles. The molecule has 4 aromatic rings. The number of carboxylic acid groups (broad SMARTS) is 1. The van der Waals surface area contributed by atoms with Gasteiger partial charge in [-0.25, -0.2) is 4.98 Å². The van der Waals surface area contributed by atoms with E-state index < -0.39 is 5.97 Å². The molecule has 0 unspecified atom stereocenters. The van der Waals surface area contributed by atoms with Gasteiger partial charge < -0.3 is 14.4 Å². The summed E-state index contributed by atoms with van der Waals surface area (Å²) in [4.78, 5) is 16.2. The molecule has 0 aliphatic rings. The van der Waals surface area contributed by atoms with Crippen molar-refractivity contribution in [2.24, 2.45) is 0 Å². The molecule has 5 heteroatoms. The first-order valence-corrected chi connectivity index (χ1v) is 11.9. The van der Waals surface area contributed by atoms with E-state index in [-0.39, 0.29) is 6.42 Å². The van der Waals surface area contributed by atoms with Gasteiger partial charge in [0.2, 0.25) is 0 Å². The lowest BCUT2D eigenvalue weighted by Crippen LogP contribution is -2.04. The van der Waals surface area contributed by atoms with Gasteiger partial charge >= 0.3 is 5.97 Å². The Hall–Kier alpha value is -3.34. The molecule has 172 valence electrons. The van der Waals surface area contributed by atoms with Gasteiger partial charge in [-0.05, 0) is 49.2 Å². The van der Waals surface area contributed by atoms with Crippen molar-refractivity contribution in [2.45, 2.75) is 65.5 Å². The van der Waals surface area contributed by atoms with Crippen molar-refractivity contribution in [3.63, 3.8) is 0 Å². The topological polar surface area (TPSA) is 64.4 Å². The van der Waals surface area contributed by atoms with E-state index in [9.17, 15) is 9.90 Å². The van der Waals surface area contributed by atoms with Gasteiger partial charge in [0.25, 0.3) is 0 Å². The molecular formula is C28H32N2O3. The van der Waals surface area contributed by atoms with Crippen LogP contribution in [0.4, 0.5) is 0 Å². The lowest BCUT2D eigenvalue weighted by Gasteiger charge is -2.10. The molecule has 0 saturated carbocycles. The Morgan fingerprint density at radius 3 is 2.67 bits per heavy atom. The third kappa shape index (κ3) is 5.36. The Balaban J connectivity index is 1.55. The fourth-order valence-corrected chi connectivity index (χ4v) is 4.50. The zero-order valence-corrected chi connectivity index (χ0v) is 19.5. The first-order valence-electron chi connectivity index (χ1n) is 11.9. The van der Waals surface area contributed by atoms with Gasteiger partial charge in [0, 0.05) is 28.5 Å². The number of benzene rings is 2. The molecule has 2 aromatic carbocycles. The predicted molar refractivity (Wildman–Crippen MR) is 133 cm³/mol. The molecule has 0 atom stereocenters. The van der Waals surface area contributed by atoms with E-state index in [1.165, 1.54) is 25.7 Å². The SMILES string of the molecule is CCCCCCCn1c(C)c(CC(=O)O)c2cc(OCc3ccc4ccccc4n3)ccc21. The normalized spacial score (nSPS) is 11.3. The fraction of sp³-hybridized carbons (Fsp3) is 0.357. The number of carbonyl (C=O) groups is 1. The van der Waals surface area contributed by atoms with Crippen LogP contribution in [0.1, 0.15) is 56.0 Å². The second-order valence-corrected chi connectivity index (χ2v) is 8.66. The van der Waals surface area contributed by atoms with Gasteiger partial charge in [-0.15, -0.1) is 0 Å². The standard InChI is InChI=1S/C28H32N2O3/c1-3-4-5-6-9-16-30-20(2)24(18-28(31)32)25-17-23(14-15-27(25)30)33-19-22-13-12-21-10-7-8-11-26(21)29-22/h7-8,10-15,17H,3-6,9,16,18-19H2,1-2H3,(H,31,32). The van der Waals surface area contributed by atoms with Crippen LogP contribution in [0.2, 0.25) is 0 Å². The van der Waals surface area contributed by atoms with Crippen molar-refractivity contribution >= 4 is 27.8 Å². The maximum absolute atomic E-state index is 11.6. The minimum atomic E-state index is -0.813. The fourth-order valence-electron chi connectivity index (χ4n) is 4.50. The van der Waals surface area contributed by atoms with Crippen molar-refractivity contribution in [1.82, 2.24) is 9.55 Å². The van der Waals surface area contributed by atoms with Crippen LogP contribution in [0.15, 0.2) is 54.6 Å². The number of hydrogen-bond acceptors (Lipinski definition) is 3. The summed E-state index contributed by atoms with van der Waals surface area (Å²) in [7, 11) is 0. The molecule has 0 fully saturated rings. The van der Waals surface area contributed by atoms with E-state index in [1.54, 1.807) is 0 Å². The number of carboxylic acids is 1. The largest absolute Gasteiger partial charge is 0.487 e. The van der Waals surface area contributed by atoms with Crippen LogP contribution in [-0.4, -0.2) is 20.6 Å². The number of rotatable bonds is 11. The van der Waals surface area contributed by atoms with E-state index in [2.05, 4.69) is 28.6 Å². The highest BCUT2D eigenvalue weighted by Crippen LogP contribution is 2.31. The third-order valence-corrected chi connectivity index (χ3v) is 6.28. The highest BCUT2D eigenvalue weighted by molar-refractivity contribution is 5.90. The van der Waals surface area contributed by atoms with Crippen molar-refractivity contribution in [1.29, 1.82) is 0 Å². The minimum absolute atomic E-state index is 0.0147. The number of ether oxygens (including phenoxy) is 1. The van der Waals surface area contributed by atoms with E-state index in [1.807, 2.05) is 49.4 Å². The van der Waals surface area contributed by atoms with Gasteiger partial charge in [0.15, 0.2) is 0 Å². The number of aliphatic carboxylic acids is 1. The number of para-hydroxylation sites is 1. The lowest BCUT2D eigenvalue weighted by molar-refractivity contribution is -0.136. The molecule has 2 aromatic heterocycles. The van der Waals surface area contributed by atoms with Crippen molar-refractivity contribution in [2.75, 3.05) is 0 Å². The van der Waals surface area contributed by atoms with Crippen LogP contribution in [0.25, 0.3) is 21.8 Å². The van der Waals surface area contributed by atoms with Crippen molar-refractivity contribution in [3.05, 3.63) is 71.5 Å². The Morgan fingerprint density at radius 1 is 1.03 bits per heavy atom. The monoisotopic (exact) mass is 444 g/mol. The van der Waals surface area contributed by atoms with Gasteiger partial charge in [-0.2, -0.15) is 0 Å². The summed E-state index contributed by atoms with van der Waals surface area (Å²) in [5, 5.41) is 11.6. The number of pyridine rings is 1. The van der Waals surface area contributed by atoms with Gasteiger partial charge in [-0.3, -0.25) is 4.79 Å². The Kier molecular flexibility index (Phi) is 7.28. The number of aromatic nitrogens is 2. The third-order valence-electron chi connectivity index (χ3n) is 6.28. The smallest absolute Gasteiger partial charge is 0.307 e. The summed E-state index contributed by atoms with van der Waals surface area (Å²) < 4.78 is 8.34. The Bertz CT molecular complexity index is 1260. The van der Waals surface area contributed by atoms with Crippen LogP contribution >= 0.6 is 0 Å². The quantitative estimate of drug-likeness (QED) is 0.262. The Morgan fingerprint density at radius 2 is 1.85 bits per heavy atom. The van der Waals surface area contributed by atoms with Gasteiger partial charge in [-0.1, -0.05) is 56.9 Å². The molecule has 0 bridgehead atoms. The average molecular weight is 445 g/mol. The number of aryl methyl sites for hydroxylation is 1. The summed E-state index contributed by atoms with van der Waals surface area (Å²) in [5.74, 6) is -0.0871. The molecule has 0 amide bonds. The maximum Gasteiger partial charge on any atom is 0.307 e. The van der Waals surface area contributed by atoms with Crippen LogP contribution < -0.4 is 4.74 Å². The minimum Gasteiger partial charge on any atom is -0.487 e. The van der Waals surface area contributed by atoms with Crippen molar-refractivity contribution < 1.29 is 14.6 Å². The van der Waals surface area contributed by atoms with Crippen LogP contribution in [0.5, 0.6) is 5.75 Å². The van der Waals surface area contributed by atoms with Crippen molar-refractivity contribution in [3.8, 4) is 5.75 Å². The average Bonchev–Trinajstić information content (AvgIpc) is 3.07. The first-order chi connectivity index (χ1) is 16.1. The summed E-state index contributed by atoms with van der Waals surface area (Å²) >= 11 is 0. The molecule has 0 aliphatic carbocycles. The molecule has 1 N–H and O–H groups in total. The molecule has 4 rings (SSSR count). The molecule has 0 radical (unpaired) electrons. The van der Waals surface area contributed by atoms with E-state index in [0.717, 1.165) is 57.5 Å².